The van der Waals surface area contributed by atoms with Crippen molar-refractivity contribution in [1.82, 2.24) is 24.6 Å². The average molecular weight is 375 g/mol. The average Bonchev–Trinajstić information content (AvgIpc) is 3.32. The standard InChI is InChI=1S/C22H25N5O/c1-16-21-19(17-6-3-2-4-7-17)9-10-23-22(21)27(24-16)15-20(28)26-13-12-25-11-5-8-18(25)14-26/h2-4,6-7,9-10,18H,5,8,11-15H2,1H3. The van der Waals surface area contributed by atoms with Gasteiger partial charge in [-0.1, -0.05) is 30.3 Å². The summed E-state index contributed by atoms with van der Waals surface area (Å²) in [5.74, 6) is 0.142. The van der Waals surface area contributed by atoms with Gasteiger partial charge in [0.25, 0.3) is 0 Å². The summed E-state index contributed by atoms with van der Waals surface area (Å²) in [4.78, 5) is 22.1. The van der Waals surface area contributed by atoms with Gasteiger partial charge in [0.05, 0.1) is 5.69 Å². The summed E-state index contributed by atoms with van der Waals surface area (Å²) in [6.45, 7) is 6.08. The number of amides is 1. The van der Waals surface area contributed by atoms with E-state index in [2.05, 4.69) is 27.1 Å². The van der Waals surface area contributed by atoms with Gasteiger partial charge in [-0.3, -0.25) is 9.69 Å². The van der Waals surface area contributed by atoms with E-state index < -0.39 is 0 Å². The van der Waals surface area contributed by atoms with Gasteiger partial charge in [-0.15, -0.1) is 0 Å². The molecule has 2 aromatic heterocycles. The van der Waals surface area contributed by atoms with Gasteiger partial charge in [0, 0.05) is 37.3 Å². The lowest BCUT2D eigenvalue weighted by atomic mass is 10.0. The third kappa shape index (κ3) is 2.98. The van der Waals surface area contributed by atoms with Crippen LogP contribution in [0, 0.1) is 6.92 Å². The third-order valence-electron chi connectivity index (χ3n) is 6.12. The van der Waals surface area contributed by atoms with E-state index in [0.717, 1.165) is 47.5 Å². The first-order chi connectivity index (χ1) is 13.7. The summed E-state index contributed by atoms with van der Waals surface area (Å²) < 4.78 is 1.78. The molecule has 3 aromatic rings. The van der Waals surface area contributed by atoms with E-state index in [0.29, 0.717) is 6.04 Å². The monoisotopic (exact) mass is 375 g/mol. The third-order valence-corrected chi connectivity index (χ3v) is 6.12. The second kappa shape index (κ2) is 7.02. The van der Waals surface area contributed by atoms with Crippen molar-refractivity contribution < 1.29 is 4.79 Å². The Morgan fingerprint density at radius 3 is 2.86 bits per heavy atom. The lowest BCUT2D eigenvalue weighted by Gasteiger charge is -2.37. The predicted octanol–water partition coefficient (Wildman–Crippen LogP) is 2.71. The second-order valence-electron chi connectivity index (χ2n) is 7.84. The lowest BCUT2D eigenvalue weighted by molar-refractivity contribution is -0.134. The maximum atomic E-state index is 13.0. The van der Waals surface area contributed by atoms with Gasteiger partial charge in [-0.05, 0) is 43.5 Å². The number of fused-ring (bicyclic) bond motifs is 2. The Morgan fingerprint density at radius 2 is 2.00 bits per heavy atom. The summed E-state index contributed by atoms with van der Waals surface area (Å²) in [5, 5.41) is 5.70. The highest BCUT2D eigenvalue weighted by Gasteiger charge is 2.32. The fourth-order valence-corrected chi connectivity index (χ4v) is 4.70. The van der Waals surface area contributed by atoms with Crippen LogP contribution in [0.25, 0.3) is 22.2 Å². The maximum Gasteiger partial charge on any atom is 0.244 e. The first kappa shape index (κ1) is 17.4. The Morgan fingerprint density at radius 1 is 1.14 bits per heavy atom. The van der Waals surface area contributed by atoms with Crippen LogP contribution in [0.1, 0.15) is 18.5 Å². The van der Waals surface area contributed by atoms with E-state index >= 15 is 0 Å². The highest BCUT2D eigenvalue weighted by Crippen LogP contribution is 2.29. The quantitative estimate of drug-likeness (QED) is 0.706. The second-order valence-corrected chi connectivity index (χ2v) is 7.84. The number of pyridine rings is 1. The Kier molecular flexibility index (Phi) is 4.36. The number of hydrogen-bond acceptors (Lipinski definition) is 4. The van der Waals surface area contributed by atoms with Crippen LogP contribution < -0.4 is 0 Å². The van der Waals surface area contributed by atoms with Crippen molar-refractivity contribution >= 4 is 16.9 Å². The molecule has 1 amide bonds. The zero-order chi connectivity index (χ0) is 19.1. The number of rotatable bonds is 3. The Balaban J connectivity index is 1.43. The molecule has 2 saturated heterocycles. The first-order valence-corrected chi connectivity index (χ1v) is 10.1. The number of carbonyl (C=O) groups is 1. The van der Waals surface area contributed by atoms with E-state index in [1.165, 1.54) is 19.4 Å². The lowest BCUT2D eigenvalue weighted by Crippen LogP contribution is -2.52. The smallest absolute Gasteiger partial charge is 0.244 e. The van der Waals surface area contributed by atoms with Crippen LogP contribution in [0.15, 0.2) is 42.6 Å². The highest BCUT2D eigenvalue weighted by molar-refractivity contribution is 5.95. The molecular formula is C22H25N5O. The van der Waals surface area contributed by atoms with Crippen LogP contribution in [-0.4, -0.2) is 62.7 Å². The SMILES string of the molecule is Cc1nn(CC(=O)N2CCN3CCCC3C2)c2nccc(-c3ccccc3)c12. The molecule has 2 aliphatic rings. The number of carbonyl (C=O) groups excluding carboxylic acids is 1. The van der Waals surface area contributed by atoms with Gasteiger partial charge in [0.2, 0.25) is 5.91 Å². The fourth-order valence-electron chi connectivity index (χ4n) is 4.70. The highest BCUT2D eigenvalue weighted by atomic mass is 16.2. The summed E-state index contributed by atoms with van der Waals surface area (Å²) >= 11 is 0. The molecule has 0 saturated carbocycles. The molecule has 0 spiro atoms. The zero-order valence-electron chi connectivity index (χ0n) is 16.2. The molecular weight excluding hydrogens is 350 g/mol. The molecule has 6 heteroatoms. The summed E-state index contributed by atoms with van der Waals surface area (Å²) in [6, 6.07) is 12.8. The van der Waals surface area contributed by atoms with Crippen LogP contribution in [0.3, 0.4) is 0 Å². The molecule has 0 radical (unpaired) electrons. The number of aryl methyl sites for hydroxylation is 1. The van der Waals surface area contributed by atoms with Crippen molar-refractivity contribution in [2.45, 2.75) is 32.4 Å². The van der Waals surface area contributed by atoms with Gasteiger partial charge in [0.1, 0.15) is 6.54 Å². The van der Waals surface area contributed by atoms with Crippen molar-refractivity contribution in [3.05, 3.63) is 48.3 Å². The fraction of sp³-hybridized carbons (Fsp3) is 0.409. The summed E-state index contributed by atoms with van der Waals surface area (Å²) in [5.41, 5.74) is 3.95. The van der Waals surface area contributed by atoms with E-state index in [4.69, 9.17) is 0 Å². The normalized spacial score (nSPS) is 19.9. The van der Waals surface area contributed by atoms with Gasteiger partial charge >= 0.3 is 0 Å². The minimum atomic E-state index is 0.142. The molecule has 2 aliphatic heterocycles. The summed E-state index contributed by atoms with van der Waals surface area (Å²) in [7, 11) is 0. The van der Waals surface area contributed by atoms with E-state index in [1.807, 2.05) is 42.3 Å². The van der Waals surface area contributed by atoms with Gasteiger partial charge in [-0.2, -0.15) is 5.10 Å². The molecule has 6 nitrogen and oxygen atoms in total. The van der Waals surface area contributed by atoms with E-state index in [-0.39, 0.29) is 12.5 Å². The van der Waals surface area contributed by atoms with Crippen LogP contribution >= 0.6 is 0 Å². The molecule has 144 valence electrons. The number of aromatic nitrogens is 3. The largest absolute Gasteiger partial charge is 0.338 e. The predicted molar refractivity (Wildman–Crippen MR) is 109 cm³/mol. The van der Waals surface area contributed by atoms with Gasteiger partial charge in [-0.25, -0.2) is 9.67 Å². The molecule has 1 atom stereocenters. The van der Waals surface area contributed by atoms with Crippen molar-refractivity contribution in [2.75, 3.05) is 26.2 Å². The van der Waals surface area contributed by atoms with E-state index in [9.17, 15) is 4.79 Å². The molecule has 4 heterocycles. The zero-order valence-corrected chi connectivity index (χ0v) is 16.2. The molecule has 2 fully saturated rings. The Hall–Kier alpha value is -2.73. The van der Waals surface area contributed by atoms with Crippen molar-refractivity contribution in [3.8, 4) is 11.1 Å². The van der Waals surface area contributed by atoms with Crippen LogP contribution in [0.5, 0.6) is 0 Å². The van der Waals surface area contributed by atoms with Crippen LogP contribution in [0.4, 0.5) is 0 Å². The molecule has 28 heavy (non-hydrogen) atoms. The van der Waals surface area contributed by atoms with Crippen molar-refractivity contribution in [1.29, 1.82) is 0 Å². The molecule has 0 N–H and O–H groups in total. The number of hydrogen-bond donors (Lipinski definition) is 0. The number of nitrogens with zero attached hydrogens (tertiary/aromatic N) is 5. The molecule has 0 aliphatic carbocycles. The minimum absolute atomic E-state index is 0.142. The molecule has 5 rings (SSSR count). The Bertz CT molecular complexity index is 1010. The minimum Gasteiger partial charge on any atom is -0.338 e. The van der Waals surface area contributed by atoms with Crippen LogP contribution in [-0.2, 0) is 11.3 Å². The molecule has 0 bridgehead atoms. The van der Waals surface area contributed by atoms with E-state index in [1.54, 1.807) is 4.68 Å². The Labute approximate surface area is 164 Å². The molecule has 1 unspecified atom stereocenters. The number of benzene rings is 1. The van der Waals surface area contributed by atoms with Gasteiger partial charge in [0.15, 0.2) is 5.65 Å². The first-order valence-electron chi connectivity index (χ1n) is 10.1. The van der Waals surface area contributed by atoms with Crippen molar-refractivity contribution in [3.63, 3.8) is 0 Å². The maximum absolute atomic E-state index is 13.0. The van der Waals surface area contributed by atoms with Gasteiger partial charge < -0.3 is 4.90 Å². The summed E-state index contributed by atoms with van der Waals surface area (Å²) in [6.07, 6.45) is 4.27. The van der Waals surface area contributed by atoms with Crippen LogP contribution in [0.2, 0.25) is 0 Å². The number of piperazine rings is 1. The topological polar surface area (TPSA) is 54.3 Å². The molecule has 1 aromatic carbocycles. The van der Waals surface area contributed by atoms with Crippen molar-refractivity contribution in [2.24, 2.45) is 0 Å².